The number of carbonyl (C=O) groups is 2. The maximum absolute atomic E-state index is 12.0. The zero-order chi connectivity index (χ0) is 14.4. The maximum atomic E-state index is 12.0. The van der Waals surface area contributed by atoms with Gasteiger partial charge in [0.05, 0.1) is 6.54 Å². The number of likely N-dealkylation sites (N-methyl/N-ethyl adjacent to an activating group) is 1. The van der Waals surface area contributed by atoms with Crippen molar-refractivity contribution in [2.24, 2.45) is 0 Å². The minimum Gasteiger partial charge on any atom is -0.375 e. The Kier molecular flexibility index (Phi) is 6.24. The van der Waals surface area contributed by atoms with Crippen molar-refractivity contribution in [1.29, 1.82) is 0 Å². The van der Waals surface area contributed by atoms with Gasteiger partial charge in [-0.2, -0.15) is 0 Å². The number of hydrogen-bond acceptors (Lipinski definition) is 4. The van der Waals surface area contributed by atoms with Crippen LogP contribution in [0.4, 0.5) is 0 Å². The molecule has 0 aromatic heterocycles. The first-order chi connectivity index (χ1) is 8.95. The molecule has 19 heavy (non-hydrogen) atoms. The lowest BCUT2D eigenvalue weighted by Crippen LogP contribution is -2.52. The highest BCUT2D eigenvalue weighted by atomic mass is 16.5. The fourth-order valence-electron chi connectivity index (χ4n) is 1.96. The van der Waals surface area contributed by atoms with Crippen LogP contribution in [0.5, 0.6) is 0 Å². The summed E-state index contributed by atoms with van der Waals surface area (Å²) in [5, 5.41) is 0. The van der Waals surface area contributed by atoms with Gasteiger partial charge in [0.25, 0.3) is 0 Å². The molecule has 0 N–H and O–H groups in total. The first-order valence-electron chi connectivity index (χ1n) is 6.70. The van der Waals surface area contributed by atoms with Crippen LogP contribution in [0.25, 0.3) is 0 Å². The zero-order valence-electron chi connectivity index (χ0n) is 12.4. The first-order valence-corrected chi connectivity index (χ1v) is 6.70. The molecule has 110 valence electrons. The van der Waals surface area contributed by atoms with E-state index in [0.717, 1.165) is 13.1 Å². The summed E-state index contributed by atoms with van der Waals surface area (Å²) >= 11 is 0. The smallest absolute Gasteiger partial charge is 0.248 e. The molecule has 1 fully saturated rings. The van der Waals surface area contributed by atoms with Crippen molar-refractivity contribution < 1.29 is 14.3 Å². The summed E-state index contributed by atoms with van der Waals surface area (Å²) in [6, 6.07) is 0.220. The molecule has 1 rings (SSSR count). The van der Waals surface area contributed by atoms with Crippen LogP contribution in [-0.2, 0) is 14.3 Å². The van der Waals surface area contributed by atoms with Gasteiger partial charge in [0.1, 0.15) is 6.61 Å². The highest BCUT2D eigenvalue weighted by Crippen LogP contribution is 2.04. The lowest BCUT2D eigenvalue weighted by molar-refractivity contribution is -0.137. The van der Waals surface area contributed by atoms with E-state index in [1.54, 1.807) is 9.80 Å². The van der Waals surface area contributed by atoms with E-state index in [1.807, 2.05) is 20.9 Å². The third kappa shape index (κ3) is 4.80. The van der Waals surface area contributed by atoms with Crippen LogP contribution in [0.2, 0.25) is 0 Å². The number of carbonyl (C=O) groups excluding carboxylic acids is 2. The first kappa shape index (κ1) is 15.9. The summed E-state index contributed by atoms with van der Waals surface area (Å²) in [5.74, 6) is 0.152. The topological polar surface area (TPSA) is 53.1 Å². The van der Waals surface area contributed by atoms with Gasteiger partial charge in [-0.05, 0) is 13.8 Å². The average molecular weight is 271 g/mol. The van der Waals surface area contributed by atoms with E-state index in [-0.39, 0.29) is 24.5 Å². The molecule has 0 saturated carbocycles. The number of ether oxygens (including phenoxy) is 1. The normalized spacial score (nSPS) is 16.8. The molecule has 0 aromatic rings. The third-order valence-corrected chi connectivity index (χ3v) is 3.52. The molecule has 2 amide bonds. The molecule has 0 spiro atoms. The number of nitrogens with zero attached hydrogens (tertiary/aromatic N) is 3. The Morgan fingerprint density at radius 1 is 1.21 bits per heavy atom. The Bertz CT molecular complexity index is 312. The van der Waals surface area contributed by atoms with Crippen LogP contribution >= 0.6 is 0 Å². The number of amides is 2. The third-order valence-electron chi connectivity index (χ3n) is 3.52. The Morgan fingerprint density at radius 2 is 1.79 bits per heavy atom. The van der Waals surface area contributed by atoms with Crippen molar-refractivity contribution in [1.82, 2.24) is 14.7 Å². The minimum absolute atomic E-state index is 0.0211. The monoisotopic (exact) mass is 271 g/mol. The van der Waals surface area contributed by atoms with Crippen LogP contribution in [0, 0.1) is 0 Å². The second-order valence-electron chi connectivity index (χ2n) is 5.19. The summed E-state index contributed by atoms with van der Waals surface area (Å²) in [6.07, 6.45) is 0. The second-order valence-corrected chi connectivity index (χ2v) is 5.19. The molecule has 0 atom stereocenters. The van der Waals surface area contributed by atoms with Gasteiger partial charge in [-0.15, -0.1) is 0 Å². The summed E-state index contributed by atoms with van der Waals surface area (Å²) in [4.78, 5) is 29.2. The fourth-order valence-corrected chi connectivity index (χ4v) is 1.96. The molecule has 1 saturated heterocycles. The van der Waals surface area contributed by atoms with Gasteiger partial charge >= 0.3 is 0 Å². The largest absolute Gasteiger partial charge is 0.375 e. The van der Waals surface area contributed by atoms with E-state index >= 15 is 0 Å². The van der Waals surface area contributed by atoms with Gasteiger partial charge < -0.3 is 14.5 Å². The van der Waals surface area contributed by atoms with Gasteiger partial charge in [0.2, 0.25) is 11.8 Å². The van der Waals surface area contributed by atoms with Gasteiger partial charge in [-0.3, -0.25) is 14.5 Å². The minimum atomic E-state index is 0.0211. The van der Waals surface area contributed by atoms with Gasteiger partial charge in [-0.1, -0.05) is 0 Å². The van der Waals surface area contributed by atoms with Gasteiger partial charge in [0.15, 0.2) is 0 Å². The molecule has 0 radical (unpaired) electrons. The highest BCUT2D eigenvalue weighted by molar-refractivity contribution is 5.79. The molecule has 1 aliphatic rings. The standard InChI is InChI=1S/C13H25N3O3/c1-11(2)14(3)12(17)9-15-5-7-16(8-6-15)13(18)10-19-4/h11H,5-10H2,1-4H3. The predicted octanol–water partition coefficient (Wildman–Crippen LogP) is -0.356. The van der Waals surface area contributed by atoms with Crippen LogP contribution in [0.3, 0.4) is 0 Å². The SMILES string of the molecule is COCC(=O)N1CCN(CC(=O)N(C)C(C)C)CC1. The van der Waals surface area contributed by atoms with Crippen LogP contribution in [0.1, 0.15) is 13.8 Å². The molecule has 1 aliphatic heterocycles. The molecule has 0 aromatic carbocycles. The maximum Gasteiger partial charge on any atom is 0.248 e. The summed E-state index contributed by atoms with van der Waals surface area (Å²) in [6.45, 7) is 7.39. The molecule has 6 nitrogen and oxygen atoms in total. The van der Waals surface area contributed by atoms with E-state index in [9.17, 15) is 9.59 Å². The van der Waals surface area contributed by atoms with E-state index in [1.165, 1.54) is 7.11 Å². The van der Waals surface area contributed by atoms with Gasteiger partial charge in [-0.25, -0.2) is 0 Å². The highest BCUT2D eigenvalue weighted by Gasteiger charge is 2.23. The molecule has 0 bridgehead atoms. The fraction of sp³-hybridized carbons (Fsp3) is 0.846. The molecule has 0 unspecified atom stereocenters. The van der Waals surface area contributed by atoms with E-state index in [4.69, 9.17) is 4.74 Å². The van der Waals surface area contributed by atoms with Crippen LogP contribution in [-0.4, -0.2) is 86.0 Å². The average Bonchev–Trinajstić information content (AvgIpc) is 2.38. The lowest BCUT2D eigenvalue weighted by atomic mass is 10.3. The van der Waals surface area contributed by atoms with Crippen LogP contribution in [0.15, 0.2) is 0 Å². The van der Waals surface area contributed by atoms with Crippen molar-refractivity contribution in [3.05, 3.63) is 0 Å². The second kappa shape index (κ2) is 7.45. The van der Waals surface area contributed by atoms with E-state index in [2.05, 4.69) is 4.90 Å². The van der Waals surface area contributed by atoms with Crippen molar-refractivity contribution in [3.63, 3.8) is 0 Å². The summed E-state index contributed by atoms with van der Waals surface area (Å²) < 4.78 is 4.84. The van der Waals surface area contributed by atoms with Crippen LogP contribution < -0.4 is 0 Å². The van der Waals surface area contributed by atoms with Crippen molar-refractivity contribution in [3.8, 4) is 0 Å². The summed E-state index contributed by atoms with van der Waals surface area (Å²) in [5.41, 5.74) is 0. The van der Waals surface area contributed by atoms with Crippen molar-refractivity contribution in [2.75, 3.05) is 53.5 Å². The number of hydrogen-bond donors (Lipinski definition) is 0. The Morgan fingerprint density at radius 3 is 2.26 bits per heavy atom. The molecule has 1 heterocycles. The Balaban J connectivity index is 2.34. The van der Waals surface area contributed by atoms with Crippen molar-refractivity contribution in [2.45, 2.75) is 19.9 Å². The quantitative estimate of drug-likeness (QED) is 0.685. The zero-order valence-corrected chi connectivity index (χ0v) is 12.4. The number of rotatable bonds is 5. The molecule has 0 aliphatic carbocycles. The van der Waals surface area contributed by atoms with Gasteiger partial charge in [0, 0.05) is 46.4 Å². The van der Waals surface area contributed by atoms with E-state index in [0.29, 0.717) is 19.6 Å². The molecular formula is C13H25N3O3. The molecule has 6 heteroatoms. The van der Waals surface area contributed by atoms with E-state index < -0.39 is 0 Å². The Labute approximate surface area is 115 Å². The Hall–Kier alpha value is -1.14. The number of methoxy groups -OCH3 is 1. The van der Waals surface area contributed by atoms with Crippen molar-refractivity contribution >= 4 is 11.8 Å². The predicted molar refractivity (Wildman–Crippen MR) is 72.8 cm³/mol. The molecular weight excluding hydrogens is 246 g/mol. The number of piperazine rings is 1. The summed E-state index contributed by atoms with van der Waals surface area (Å²) in [7, 11) is 3.35. The lowest BCUT2D eigenvalue weighted by Gasteiger charge is -2.35.